The molecule has 2 amide bonds. The van der Waals surface area contributed by atoms with Crippen molar-refractivity contribution < 1.29 is 14.1 Å². The van der Waals surface area contributed by atoms with Gasteiger partial charge in [-0.1, -0.05) is 66.7 Å². The van der Waals surface area contributed by atoms with Crippen molar-refractivity contribution in [1.29, 1.82) is 0 Å². The maximum absolute atomic E-state index is 12.8. The number of benzene rings is 2. The van der Waals surface area contributed by atoms with Crippen molar-refractivity contribution in [2.75, 3.05) is 20.3 Å². The van der Waals surface area contributed by atoms with E-state index in [1.165, 1.54) is 5.56 Å². The van der Waals surface area contributed by atoms with Crippen LogP contribution in [-0.4, -0.2) is 41.3 Å². The number of hydrogen-bond donors (Lipinski definition) is 1. The summed E-state index contributed by atoms with van der Waals surface area (Å²) in [6.45, 7) is 4.87. The first-order valence-corrected chi connectivity index (χ1v) is 10.4. The Labute approximate surface area is 181 Å². The number of ether oxygens (including phenoxy) is 1. The van der Waals surface area contributed by atoms with Crippen LogP contribution in [0.15, 0.2) is 64.8 Å². The zero-order valence-electron chi connectivity index (χ0n) is 18.0. The number of carbonyl (C=O) groups is 1. The molecule has 1 aliphatic rings. The lowest BCUT2D eigenvalue weighted by atomic mass is 9.95. The number of aromatic nitrogens is 2. The first-order chi connectivity index (χ1) is 15.1. The van der Waals surface area contributed by atoms with Crippen molar-refractivity contribution >= 4 is 11.6 Å². The van der Waals surface area contributed by atoms with E-state index in [1.807, 2.05) is 49.4 Å². The number of nitrogens with zero attached hydrogens (tertiary/aromatic N) is 3. The van der Waals surface area contributed by atoms with Crippen LogP contribution in [0.5, 0.6) is 0 Å². The highest BCUT2D eigenvalue weighted by atomic mass is 16.5. The molecule has 2 heterocycles. The third kappa shape index (κ3) is 4.22. The molecule has 0 bridgehead atoms. The first-order valence-electron chi connectivity index (χ1n) is 10.4. The molecule has 160 valence electrons. The van der Waals surface area contributed by atoms with Gasteiger partial charge in [-0.15, -0.1) is 0 Å². The molecule has 2 aromatic carbocycles. The maximum atomic E-state index is 12.8. The number of amides is 2. The van der Waals surface area contributed by atoms with Crippen LogP contribution in [0.2, 0.25) is 0 Å². The third-order valence-electron chi connectivity index (χ3n) is 5.53. The van der Waals surface area contributed by atoms with Gasteiger partial charge in [-0.2, -0.15) is 4.98 Å². The molecule has 0 saturated heterocycles. The van der Waals surface area contributed by atoms with Gasteiger partial charge in [0.25, 0.3) is 5.89 Å². The summed E-state index contributed by atoms with van der Waals surface area (Å²) >= 11 is 0. The number of rotatable bonds is 7. The van der Waals surface area contributed by atoms with Crippen LogP contribution in [0.1, 0.15) is 36.9 Å². The van der Waals surface area contributed by atoms with Crippen molar-refractivity contribution in [2.24, 2.45) is 0 Å². The molecule has 0 fully saturated rings. The summed E-state index contributed by atoms with van der Waals surface area (Å²) in [7, 11) is 1.61. The van der Waals surface area contributed by atoms with E-state index < -0.39 is 0 Å². The second-order valence-electron chi connectivity index (χ2n) is 7.41. The van der Waals surface area contributed by atoms with E-state index in [4.69, 9.17) is 9.26 Å². The summed E-state index contributed by atoms with van der Waals surface area (Å²) in [4.78, 5) is 19.1. The van der Waals surface area contributed by atoms with E-state index in [0.29, 0.717) is 24.9 Å². The quantitative estimate of drug-likeness (QED) is 0.613. The molecular formula is C24H26N4O3. The molecule has 0 radical (unpaired) electrons. The Kier molecular flexibility index (Phi) is 6.13. The number of aryl methyl sites for hydroxylation is 1. The van der Waals surface area contributed by atoms with Gasteiger partial charge in [-0.25, -0.2) is 4.79 Å². The Morgan fingerprint density at radius 3 is 2.55 bits per heavy atom. The van der Waals surface area contributed by atoms with E-state index in [9.17, 15) is 4.79 Å². The summed E-state index contributed by atoms with van der Waals surface area (Å²) in [5.41, 5.74) is 4.64. The second kappa shape index (κ2) is 9.14. The van der Waals surface area contributed by atoms with Crippen molar-refractivity contribution in [3.63, 3.8) is 0 Å². The van der Waals surface area contributed by atoms with Crippen LogP contribution in [0.25, 0.3) is 17.0 Å². The molecule has 4 rings (SSSR count). The van der Waals surface area contributed by atoms with Crippen LogP contribution < -0.4 is 5.32 Å². The van der Waals surface area contributed by atoms with E-state index in [1.54, 1.807) is 12.0 Å². The number of methoxy groups -OCH3 is 1. The standard InChI is InChI=1S/C24H26N4O3/c1-4-17-10-12-19(13-11-17)22-26-23(31-27-22)20-16(2)28(14-15-30-3)24(29)25-21(20)18-8-6-5-7-9-18/h5-13,21H,4,14-15H2,1-3H3,(H,25,29). The highest BCUT2D eigenvalue weighted by molar-refractivity contribution is 5.86. The van der Waals surface area contributed by atoms with Gasteiger partial charge in [-0.05, 0) is 24.5 Å². The number of carbonyl (C=O) groups excluding carboxylic acids is 1. The molecule has 7 nitrogen and oxygen atoms in total. The van der Waals surface area contributed by atoms with E-state index >= 15 is 0 Å². The molecule has 0 spiro atoms. The average Bonchev–Trinajstić information content (AvgIpc) is 3.29. The lowest BCUT2D eigenvalue weighted by Crippen LogP contribution is -2.47. The van der Waals surface area contributed by atoms with E-state index in [0.717, 1.165) is 28.8 Å². The second-order valence-corrected chi connectivity index (χ2v) is 7.41. The monoisotopic (exact) mass is 418 g/mol. The Morgan fingerprint density at radius 2 is 1.87 bits per heavy atom. The van der Waals surface area contributed by atoms with Crippen LogP contribution in [0, 0.1) is 0 Å². The molecule has 0 saturated carbocycles. The van der Waals surface area contributed by atoms with Gasteiger partial charge in [-0.3, -0.25) is 4.90 Å². The maximum Gasteiger partial charge on any atom is 0.322 e. The van der Waals surface area contributed by atoms with Gasteiger partial charge in [0.15, 0.2) is 0 Å². The summed E-state index contributed by atoms with van der Waals surface area (Å²) in [5, 5.41) is 7.29. The van der Waals surface area contributed by atoms with Gasteiger partial charge in [0.1, 0.15) is 0 Å². The van der Waals surface area contributed by atoms with Crippen molar-refractivity contribution in [2.45, 2.75) is 26.3 Å². The molecule has 1 atom stereocenters. The average molecular weight is 418 g/mol. The number of urea groups is 1. The van der Waals surface area contributed by atoms with Gasteiger partial charge in [0, 0.05) is 18.4 Å². The fourth-order valence-corrected chi connectivity index (χ4v) is 3.75. The Bertz CT molecular complexity index is 1070. The zero-order valence-corrected chi connectivity index (χ0v) is 18.0. The van der Waals surface area contributed by atoms with Crippen LogP contribution >= 0.6 is 0 Å². The molecule has 31 heavy (non-hydrogen) atoms. The lowest BCUT2D eigenvalue weighted by molar-refractivity contribution is 0.158. The SMILES string of the molecule is CCc1ccc(-c2noc(C3=C(C)N(CCOC)C(=O)NC3c3ccccc3)n2)cc1. The fourth-order valence-electron chi connectivity index (χ4n) is 3.75. The highest BCUT2D eigenvalue weighted by Gasteiger charge is 2.35. The van der Waals surface area contributed by atoms with Gasteiger partial charge >= 0.3 is 6.03 Å². The topological polar surface area (TPSA) is 80.5 Å². The van der Waals surface area contributed by atoms with Crippen molar-refractivity contribution in [3.05, 3.63) is 77.3 Å². The number of hydrogen-bond acceptors (Lipinski definition) is 5. The van der Waals surface area contributed by atoms with E-state index in [2.05, 4.69) is 34.5 Å². The van der Waals surface area contributed by atoms with Crippen molar-refractivity contribution in [3.8, 4) is 11.4 Å². The third-order valence-corrected chi connectivity index (χ3v) is 5.53. The molecule has 1 unspecified atom stereocenters. The smallest absolute Gasteiger partial charge is 0.322 e. The molecule has 3 aromatic rings. The molecule has 1 N–H and O–H groups in total. The molecule has 1 aliphatic heterocycles. The zero-order chi connectivity index (χ0) is 21.8. The summed E-state index contributed by atoms with van der Waals surface area (Å²) in [5.74, 6) is 0.911. The summed E-state index contributed by atoms with van der Waals surface area (Å²) in [6, 6.07) is 17.3. The normalized spacial score (nSPS) is 16.5. The lowest BCUT2D eigenvalue weighted by Gasteiger charge is -2.35. The Balaban J connectivity index is 1.76. The minimum atomic E-state index is -0.386. The largest absolute Gasteiger partial charge is 0.383 e. The molecule has 7 heteroatoms. The summed E-state index contributed by atoms with van der Waals surface area (Å²) in [6.07, 6.45) is 0.972. The van der Waals surface area contributed by atoms with Gasteiger partial charge in [0.2, 0.25) is 5.82 Å². The predicted molar refractivity (Wildman–Crippen MR) is 118 cm³/mol. The van der Waals surface area contributed by atoms with E-state index in [-0.39, 0.29) is 12.1 Å². The molecular weight excluding hydrogens is 392 g/mol. The van der Waals surface area contributed by atoms with Crippen LogP contribution in [0.4, 0.5) is 4.79 Å². The predicted octanol–water partition coefficient (Wildman–Crippen LogP) is 4.44. The number of nitrogens with one attached hydrogen (secondary N) is 1. The molecule has 0 aliphatic carbocycles. The minimum absolute atomic E-state index is 0.179. The minimum Gasteiger partial charge on any atom is -0.383 e. The Morgan fingerprint density at radius 1 is 1.13 bits per heavy atom. The Hall–Kier alpha value is -3.45. The van der Waals surface area contributed by atoms with Gasteiger partial charge < -0.3 is 14.6 Å². The first kappa shape index (κ1) is 20.8. The summed E-state index contributed by atoms with van der Waals surface area (Å²) < 4.78 is 10.9. The van der Waals surface area contributed by atoms with Gasteiger partial charge in [0.05, 0.1) is 24.8 Å². The fraction of sp³-hybridized carbons (Fsp3) is 0.292. The molecule has 1 aromatic heterocycles. The van der Waals surface area contributed by atoms with Crippen molar-refractivity contribution in [1.82, 2.24) is 20.4 Å². The van der Waals surface area contributed by atoms with Crippen LogP contribution in [-0.2, 0) is 11.2 Å². The number of allylic oxidation sites excluding steroid dienone is 1. The highest BCUT2D eigenvalue weighted by Crippen LogP contribution is 2.37. The van der Waals surface area contributed by atoms with Crippen LogP contribution in [0.3, 0.4) is 0 Å².